The van der Waals surface area contributed by atoms with Gasteiger partial charge in [-0.05, 0) is 30.7 Å². The fourth-order valence-electron chi connectivity index (χ4n) is 2.56. The molecule has 0 atom stereocenters. The Kier molecular flexibility index (Phi) is 4.69. The minimum atomic E-state index is 0.800. The molecule has 0 bridgehead atoms. The number of nitrogens with zero attached hydrogens (tertiary/aromatic N) is 2. The maximum absolute atomic E-state index is 5.78. The molecule has 4 nitrogen and oxygen atoms in total. The molecule has 21 heavy (non-hydrogen) atoms. The largest absolute Gasteiger partial charge is 0.491 e. The van der Waals surface area contributed by atoms with Crippen LogP contribution in [0, 0.1) is 0 Å². The maximum atomic E-state index is 5.78. The molecule has 1 aliphatic rings. The van der Waals surface area contributed by atoms with Crippen molar-refractivity contribution in [2.75, 3.05) is 31.1 Å². The Morgan fingerprint density at radius 3 is 2.95 bits per heavy atom. The first-order valence-corrected chi connectivity index (χ1v) is 7.51. The summed E-state index contributed by atoms with van der Waals surface area (Å²) in [5, 5.41) is 3.46. The summed E-state index contributed by atoms with van der Waals surface area (Å²) in [5.41, 5.74) is 2.28. The van der Waals surface area contributed by atoms with Crippen LogP contribution in [0.3, 0.4) is 0 Å². The van der Waals surface area contributed by atoms with Crippen LogP contribution in [-0.2, 0) is 6.54 Å². The molecule has 0 saturated carbocycles. The highest BCUT2D eigenvalue weighted by molar-refractivity contribution is 5.58. The summed E-state index contributed by atoms with van der Waals surface area (Å²) in [6.07, 6.45) is 2.90. The average Bonchev–Trinajstić information content (AvgIpc) is 2.75. The Labute approximate surface area is 125 Å². The zero-order chi connectivity index (χ0) is 14.3. The molecule has 0 amide bonds. The van der Waals surface area contributed by atoms with Gasteiger partial charge < -0.3 is 15.0 Å². The topological polar surface area (TPSA) is 37.4 Å². The van der Waals surface area contributed by atoms with Gasteiger partial charge in [-0.15, -0.1) is 0 Å². The number of para-hydroxylation sites is 2. The van der Waals surface area contributed by atoms with E-state index in [2.05, 4.69) is 33.4 Å². The first-order chi connectivity index (χ1) is 10.4. The third-order valence-corrected chi connectivity index (χ3v) is 3.63. The number of hydrogen-bond acceptors (Lipinski definition) is 4. The molecule has 0 radical (unpaired) electrons. The fourth-order valence-corrected chi connectivity index (χ4v) is 2.56. The molecule has 0 unspecified atom stereocenters. The number of rotatable bonds is 5. The van der Waals surface area contributed by atoms with E-state index >= 15 is 0 Å². The molecule has 1 N–H and O–H groups in total. The Hall–Kier alpha value is -2.07. The van der Waals surface area contributed by atoms with E-state index in [4.69, 9.17) is 4.74 Å². The molecule has 1 aromatic heterocycles. The molecular weight excluding hydrogens is 262 g/mol. The minimum absolute atomic E-state index is 0.800. The number of hydrogen-bond donors (Lipinski definition) is 1. The number of aromatic nitrogens is 1. The second-order valence-electron chi connectivity index (χ2n) is 5.15. The normalized spacial score (nSPS) is 14.2. The third-order valence-electron chi connectivity index (χ3n) is 3.63. The van der Waals surface area contributed by atoms with Gasteiger partial charge in [0.1, 0.15) is 5.75 Å². The molecule has 3 rings (SSSR count). The van der Waals surface area contributed by atoms with Crippen LogP contribution >= 0.6 is 0 Å². The van der Waals surface area contributed by atoms with Gasteiger partial charge in [0, 0.05) is 32.4 Å². The molecule has 1 aromatic carbocycles. The SMILES string of the molecule is c1ccc(CNCCN2CCCOc3ccccc32)nc1. The quantitative estimate of drug-likeness (QED) is 0.855. The second kappa shape index (κ2) is 7.09. The van der Waals surface area contributed by atoms with Crippen molar-refractivity contribution >= 4 is 5.69 Å². The summed E-state index contributed by atoms with van der Waals surface area (Å²) in [7, 11) is 0. The number of nitrogens with one attached hydrogen (secondary N) is 1. The number of anilines is 1. The van der Waals surface area contributed by atoms with Gasteiger partial charge in [-0.2, -0.15) is 0 Å². The summed E-state index contributed by atoms with van der Waals surface area (Å²) in [6, 6.07) is 14.3. The predicted molar refractivity (Wildman–Crippen MR) is 84.7 cm³/mol. The van der Waals surface area contributed by atoms with E-state index in [1.54, 1.807) is 0 Å². The highest BCUT2D eigenvalue weighted by Crippen LogP contribution is 2.29. The summed E-state index contributed by atoms with van der Waals surface area (Å²) in [6.45, 7) is 4.57. The lowest BCUT2D eigenvalue weighted by atomic mass is 10.2. The minimum Gasteiger partial charge on any atom is -0.491 e. The highest BCUT2D eigenvalue weighted by atomic mass is 16.5. The van der Waals surface area contributed by atoms with Crippen molar-refractivity contribution in [1.29, 1.82) is 0 Å². The van der Waals surface area contributed by atoms with Crippen LogP contribution < -0.4 is 15.0 Å². The van der Waals surface area contributed by atoms with E-state index in [-0.39, 0.29) is 0 Å². The first-order valence-electron chi connectivity index (χ1n) is 7.51. The zero-order valence-corrected chi connectivity index (χ0v) is 12.2. The van der Waals surface area contributed by atoms with Gasteiger partial charge in [-0.3, -0.25) is 4.98 Å². The van der Waals surface area contributed by atoms with Gasteiger partial charge in [0.05, 0.1) is 18.0 Å². The second-order valence-corrected chi connectivity index (χ2v) is 5.15. The van der Waals surface area contributed by atoms with Gasteiger partial charge in [0.2, 0.25) is 0 Å². The summed E-state index contributed by atoms with van der Waals surface area (Å²) in [4.78, 5) is 6.71. The monoisotopic (exact) mass is 283 g/mol. The van der Waals surface area contributed by atoms with Gasteiger partial charge >= 0.3 is 0 Å². The summed E-state index contributed by atoms with van der Waals surface area (Å²) < 4.78 is 5.78. The van der Waals surface area contributed by atoms with E-state index in [0.29, 0.717) is 0 Å². The Morgan fingerprint density at radius 1 is 1.14 bits per heavy atom. The van der Waals surface area contributed by atoms with E-state index < -0.39 is 0 Å². The highest BCUT2D eigenvalue weighted by Gasteiger charge is 2.14. The molecule has 2 heterocycles. The van der Waals surface area contributed by atoms with E-state index in [9.17, 15) is 0 Å². The molecule has 2 aromatic rings. The van der Waals surface area contributed by atoms with E-state index in [1.165, 1.54) is 5.69 Å². The van der Waals surface area contributed by atoms with Crippen LogP contribution in [0.4, 0.5) is 5.69 Å². The van der Waals surface area contributed by atoms with E-state index in [0.717, 1.165) is 50.7 Å². The molecular formula is C17H21N3O. The van der Waals surface area contributed by atoms with Crippen LogP contribution in [-0.4, -0.2) is 31.2 Å². The van der Waals surface area contributed by atoms with Crippen LogP contribution in [0.15, 0.2) is 48.7 Å². The van der Waals surface area contributed by atoms with Crippen molar-refractivity contribution in [1.82, 2.24) is 10.3 Å². The fraction of sp³-hybridized carbons (Fsp3) is 0.353. The Bertz CT molecular complexity index is 559. The standard InChI is InChI=1S/C17H21N3O/c1-2-8-17-16(7-1)20(11-5-13-21-17)12-10-18-14-15-6-3-4-9-19-15/h1-4,6-9,18H,5,10-14H2. The van der Waals surface area contributed by atoms with Crippen molar-refractivity contribution in [2.45, 2.75) is 13.0 Å². The lowest BCUT2D eigenvalue weighted by Gasteiger charge is -2.23. The number of benzene rings is 1. The third kappa shape index (κ3) is 3.73. The van der Waals surface area contributed by atoms with Crippen LogP contribution in [0.25, 0.3) is 0 Å². The smallest absolute Gasteiger partial charge is 0.142 e. The predicted octanol–water partition coefficient (Wildman–Crippen LogP) is 2.46. The molecule has 110 valence electrons. The zero-order valence-electron chi connectivity index (χ0n) is 12.2. The van der Waals surface area contributed by atoms with Gasteiger partial charge in [0.15, 0.2) is 0 Å². The van der Waals surface area contributed by atoms with Crippen molar-refractivity contribution < 1.29 is 4.74 Å². The molecule has 0 spiro atoms. The molecule has 0 saturated heterocycles. The lowest BCUT2D eigenvalue weighted by Crippen LogP contribution is -2.32. The van der Waals surface area contributed by atoms with Gasteiger partial charge in [0.25, 0.3) is 0 Å². The van der Waals surface area contributed by atoms with Crippen LogP contribution in [0.2, 0.25) is 0 Å². The lowest BCUT2D eigenvalue weighted by molar-refractivity contribution is 0.322. The molecule has 1 aliphatic heterocycles. The van der Waals surface area contributed by atoms with Crippen molar-refractivity contribution in [3.8, 4) is 5.75 Å². The number of ether oxygens (including phenoxy) is 1. The molecule has 4 heteroatoms. The van der Waals surface area contributed by atoms with Crippen LogP contribution in [0.1, 0.15) is 12.1 Å². The van der Waals surface area contributed by atoms with Crippen LogP contribution in [0.5, 0.6) is 5.75 Å². The summed E-state index contributed by atoms with van der Waals surface area (Å²) >= 11 is 0. The summed E-state index contributed by atoms with van der Waals surface area (Å²) in [5.74, 6) is 1.000. The van der Waals surface area contributed by atoms with Crippen molar-refractivity contribution in [3.63, 3.8) is 0 Å². The Morgan fingerprint density at radius 2 is 2.05 bits per heavy atom. The number of pyridine rings is 1. The van der Waals surface area contributed by atoms with Gasteiger partial charge in [-0.25, -0.2) is 0 Å². The molecule has 0 aliphatic carbocycles. The van der Waals surface area contributed by atoms with Crippen molar-refractivity contribution in [3.05, 3.63) is 54.4 Å². The van der Waals surface area contributed by atoms with E-state index in [1.807, 2.05) is 30.5 Å². The Balaban J connectivity index is 1.53. The average molecular weight is 283 g/mol. The maximum Gasteiger partial charge on any atom is 0.142 e. The van der Waals surface area contributed by atoms with Gasteiger partial charge in [-0.1, -0.05) is 18.2 Å². The molecule has 0 fully saturated rings. The number of fused-ring (bicyclic) bond motifs is 1. The van der Waals surface area contributed by atoms with Crippen molar-refractivity contribution in [2.24, 2.45) is 0 Å². The first kappa shape index (κ1) is 13.9.